The molecule has 5 unspecified atom stereocenters. The molecule has 7 rings (SSSR count). The molecule has 2 fully saturated rings. The number of carbonyl (C=O) groups is 4. The third kappa shape index (κ3) is 17.7. The molecule has 384 valence electrons. The summed E-state index contributed by atoms with van der Waals surface area (Å²) < 4.78 is 63.3. The molecule has 0 bridgehead atoms. The van der Waals surface area contributed by atoms with Gasteiger partial charge in [-0.1, -0.05) is 151 Å². The van der Waals surface area contributed by atoms with E-state index < -0.39 is 72.6 Å². The number of halogens is 1. The Balaban J connectivity index is 0.000000239. The maximum atomic E-state index is 15.0. The average molecular weight is 1010 g/mol. The normalized spacial score (nSPS) is 23.6. The number of ether oxygens (including phenoxy) is 8. The average Bonchev–Trinajstić information content (AvgIpc) is 3.41. The van der Waals surface area contributed by atoms with E-state index in [2.05, 4.69) is 10.6 Å². The van der Waals surface area contributed by atoms with E-state index in [1.54, 1.807) is 18.7 Å². The van der Waals surface area contributed by atoms with Crippen LogP contribution in [-0.2, 0) is 83.5 Å². The maximum Gasteiger partial charge on any atom is 0.306 e. The van der Waals surface area contributed by atoms with Crippen LogP contribution in [0.5, 0.6) is 0 Å². The van der Waals surface area contributed by atoms with Crippen LogP contribution in [0.3, 0.4) is 0 Å². The number of hydrogen-bond donors (Lipinski definition) is 2. The Kier molecular flexibility index (Phi) is 22.7. The van der Waals surface area contributed by atoms with Crippen LogP contribution in [0.2, 0.25) is 0 Å². The molecule has 2 N–H and O–H groups in total. The molecule has 0 radical (unpaired) electrons. The molecule has 72 heavy (non-hydrogen) atoms. The highest BCUT2D eigenvalue weighted by molar-refractivity contribution is 7.99. The first-order chi connectivity index (χ1) is 35.0. The van der Waals surface area contributed by atoms with Crippen molar-refractivity contribution in [1.82, 2.24) is 10.6 Å². The molecular weight excluding hydrogens is 944 g/mol. The van der Waals surface area contributed by atoms with Crippen LogP contribution < -0.4 is 10.6 Å². The fraction of sp³-hybridized carbons (Fsp3) is 0.393. The van der Waals surface area contributed by atoms with Crippen molar-refractivity contribution in [1.29, 1.82) is 0 Å². The molecule has 0 spiro atoms. The Morgan fingerprint density at radius 2 is 0.792 bits per heavy atom. The highest BCUT2D eigenvalue weighted by atomic mass is 32.2. The summed E-state index contributed by atoms with van der Waals surface area (Å²) in [5.41, 5.74) is 3.35. The van der Waals surface area contributed by atoms with Gasteiger partial charge in [-0.3, -0.25) is 19.2 Å². The lowest BCUT2D eigenvalue weighted by atomic mass is 9.99. The number of amides is 2. The Hall–Kier alpha value is -5.98. The molecular formula is C56H65FN2O12S. The predicted molar refractivity (Wildman–Crippen MR) is 269 cm³/mol. The fourth-order valence-corrected chi connectivity index (χ4v) is 9.07. The molecule has 2 heterocycles. The molecule has 0 aliphatic carbocycles. The van der Waals surface area contributed by atoms with Crippen molar-refractivity contribution in [2.24, 2.45) is 0 Å². The molecule has 16 heteroatoms. The molecule has 2 saturated heterocycles. The van der Waals surface area contributed by atoms with Gasteiger partial charge in [-0.15, -0.1) is 0 Å². The number of carbonyl (C=O) groups excluding carboxylic acids is 4. The number of thioether (sulfide) groups is 1. The van der Waals surface area contributed by atoms with Gasteiger partial charge in [0.15, 0.2) is 12.2 Å². The first kappa shape index (κ1) is 55.3. The lowest BCUT2D eigenvalue weighted by Gasteiger charge is -2.44. The van der Waals surface area contributed by atoms with E-state index in [0.717, 1.165) is 27.1 Å². The van der Waals surface area contributed by atoms with E-state index in [1.807, 2.05) is 159 Å². The van der Waals surface area contributed by atoms with Gasteiger partial charge in [-0.25, -0.2) is 4.39 Å². The van der Waals surface area contributed by atoms with Crippen LogP contribution in [0.1, 0.15) is 61.8 Å². The lowest BCUT2D eigenvalue weighted by Crippen LogP contribution is -2.59. The zero-order valence-electron chi connectivity index (χ0n) is 41.0. The highest BCUT2D eigenvalue weighted by Gasteiger charge is 2.50. The topological polar surface area (TPSA) is 166 Å². The number of nitrogens with one attached hydrogen (secondary N) is 2. The summed E-state index contributed by atoms with van der Waals surface area (Å²) in [6.07, 6.45) is -7.89. The van der Waals surface area contributed by atoms with Gasteiger partial charge in [0.25, 0.3) is 0 Å². The predicted octanol–water partition coefficient (Wildman–Crippen LogP) is 8.44. The third-order valence-electron chi connectivity index (χ3n) is 11.8. The van der Waals surface area contributed by atoms with Crippen LogP contribution in [0.25, 0.3) is 0 Å². The van der Waals surface area contributed by atoms with Crippen LogP contribution in [0.15, 0.2) is 157 Å². The van der Waals surface area contributed by atoms with Crippen molar-refractivity contribution in [2.45, 2.75) is 131 Å². The van der Waals surface area contributed by atoms with E-state index in [-0.39, 0.29) is 50.7 Å². The summed E-state index contributed by atoms with van der Waals surface area (Å²) in [5, 5.41) is 4.99. The van der Waals surface area contributed by atoms with Crippen molar-refractivity contribution < 1.29 is 61.5 Å². The number of rotatable bonds is 22. The summed E-state index contributed by atoms with van der Waals surface area (Å²) in [7, 11) is 3.03. The van der Waals surface area contributed by atoms with Gasteiger partial charge >= 0.3 is 11.9 Å². The third-order valence-corrected chi connectivity index (χ3v) is 12.9. The standard InChI is InChI=1S/C31H35NO6S.C25H30FNO6/c1-22-28(38-27(34)19-18-26(33)32-2)29(35-20-23-12-6-3-7-13-23)30(36-21-24-14-8-4-9-15-24)31(37-22)39-25-16-10-5-11-17-25;1-17-22(33-21(29)14-13-20(28)27-2)23(30-15-18-9-5-3-6-10-18)24(25(26)32-17)31-16-19-11-7-4-8-12-19/h3-17,22,28-31H,18-21H2,1-2H3,(H,32,33);3-12,17,22-25H,13-16H2,1-2H3,(H,27,28)/t22?,28-,29+,30?,31-;17?,22-,23+,24?,25?/m11/s1. The van der Waals surface area contributed by atoms with Crippen LogP contribution in [0.4, 0.5) is 4.39 Å². The highest BCUT2D eigenvalue weighted by Crippen LogP contribution is 2.38. The molecule has 14 nitrogen and oxygen atoms in total. The largest absolute Gasteiger partial charge is 0.457 e. The SMILES string of the molecule is CNC(=O)CCC(=O)O[C@@H]1C(C)OC(F)C(OCc2ccccc2)[C@H]1OCc1ccccc1.CNC(=O)CCC(=O)O[C@@H]1C(C)O[C@H](Sc2ccccc2)C(OCc2ccccc2)[C@H]1OCc1ccccc1. The molecule has 2 aliphatic heterocycles. The van der Waals surface area contributed by atoms with E-state index in [0.29, 0.717) is 13.2 Å². The van der Waals surface area contributed by atoms with Crippen LogP contribution >= 0.6 is 11.8 Å². The second-order valence-electron chi connectivity index (χ2n) is 17.1. The molecule has 2 aliphatic rings. The second kappa shape index (κ2) is 29.5. The zero-order valence-corrected chi connectivity index (χ0v) is 41.9. The lowest BCUT2D eigenvalue weighted by molar-refractivity contribution is -0.282. The molecule has 5 aromatic rings. The number of esters is 2. The number of alkyl halides is 1. The quantitative estimate of drug-likeness (QED) is 0.0635. The monoisotopic (exact) mass is 1010 g/mol. The summed E-state index contributed by atoms with van der Waals surface area (Å²) in [6.45, 7) is 4.49. The van der Waals surface area contributed by atoms with Crippen molar-refractivity contribution in [3.8, 4) is 0 Å². The van der Waals surface area contributed by atoms with E-state index >= 15 is 0 Å². The van der Waals surface area contributed by atoms with Crippen molar-refractivity contribution in [3.05, 3.63) is 174 Å². The number of benzene rings is 5. The maximum absolute atomic E-state index is 15.0. The van der Waals surface area contributed by atoms with Crippen LogP contribution in [0, 0.1) is 0 Å². The van der Waals surface area contributed by atoms with Gasteiger partial charge in [0.2, 0.25) is 18.2 Å². The summed E-state index contributed by atoms with van der Waals surface area (Å²) in [5.74, 6) is -1.57. The van der Waals surface area contributed by atoms with E-state index in [4.69, 9.17) is 37.9 Å². The smallest absolute Gasteiger partial charge is 0.306 e. The van der Waals surface area contributed by atoms with Crippen molar-refractivity contribution >= 4 is 35.5 Å². The minimum Gasteiger partial charge on any atom is -0.457 e. The summed E-state index contributed by atoms with van der Waals surface area (Å²) in [4.78, 5) is 49.4. The Morgan fingerprint density at radius 3 is 1.18 bits per heavy atom. The van der Waals surface area contributed by atoms with Gasteiger partial charge in [0.1, 0.15) is 29.9 Å². The minimum atomic E-state index is -1.76. The summed E-state index contributed by atoms with van der Waals surface area (Å²) >= 11 is 1.55. The first-order valence-electron chi connectivity index (χ1n) is 24.1. The Labute approximate surface area is 425 Å². The van der Waals surface area contributed by atoms with E-state index in [1.165, 1.54) is 14.1 Å². The molecule has 5 aromatic carbocycles. The van der Waals surface area contributed by atoms with Gasteiger partial charge in [-0.05, 0) is 48.2 Å². The van der Waals surface area contributed by atoms with Crippen molar-refractivity contribution in [3.63, 3.8) is 0 Å². The Bertz CT molecular complexity index is 2380. The first-order valence-corrected chi connectivity index (χ1v) is 25.0. The van der Waals surface area contributed by atoms with Crippen LogP contribution in [-0.4, -0.2) is 98.5 Å². The van der Waals surface area contributed by atoms with E-state index in [9.17, 15) is 23.6 Å². The zero-order chi connectivity index (χ0) is 51.1. The van der Waals surface area contributed by atoms with Gasteiger partial charge < -0.3 is 48.5 Å². The van der Waals surface area contributed by atoms with Gasteiger partial charge in [0, 0.05) is 31.8 Å². The Morgan fingerprint density at radius 1 is 0.458 bits per heavy atom. The van der Waals surface area contributed by atoms with Crippen molar-refractivity contribution in [2.75, 3.05) is 14.1 Å². The molecule has 10 atom stereocenters. The molecule has 2 amide bonds. The number of hydrogen-bond acceptors (Lipinski definition) is 13. The van der Waals surface area contributed by atoms with Gasteiger partial charge in [-0.2, -0.15) is 0 Å². The second-order valence-corrected chi connectivity index (χ2v) is 18.3. The minimum absolute atomic E-state index is 0.00744. The van der Waals surface area contributed by atoms with Gasteiger partial charge in [0.05, 0.1) is 51.5 Å². The molecule has 0 saturated carbocycles. The summed E-state index contributed by atoms with van der Waals surface area (Å²) in [6, 6.07) is 48.5. The fourth-order valence-electron chi connectivity index (χ4n) is 7.88. The molecule has 0 aromatic heterocycles.